The van der Waals surface area contributed by atoms with Crippen LogP contribution in [0.3, 0.4) is 0 Å². The van der Waals surface area contributed by atoms with Crippen molar-refractivity contribution in [1.82, 2.24) is 20.2 Å². The maximum atomic E-state index is 4.66. The first kappa shape index (κ1) is 21.5. The number of aryl methyl sites for hydroxylation is 1. The molecule has 0 aliphatic carbocycles. The molecule has 0 fully saturated rings. The van der Waals surface area contributed by atoms with E-state index < -0.39 is 0 Å². The van der Waals surface area contributed by atoms with Crippen LogP contribution in [0.4, 0.5) is 0 Å². The molecule has 0 bridgehead atoms. The molecule has 0 atom stereocenters. The lowest BCUT2D eigenvalue weighted by Crippen LogP contribution is -2.37. The Labute approximate surface area is 168 Å². The fourth-order valence-corrected chi connectivity index (χ4v) is 2.44. The van der Waals surface area contributed by atoms with Gasteiger partial charge in [0.2, 0.25) is 0 Å². The van der Waals surface area contributed by atoms with E-state index >= 15 is 0 Å². The Morgan fingerprint density at radius 1 is 1.20 bits per heavy atom. The number of nitrogens with zero attached hydrogens (tertiary/aromatic N) is 3. The molecule has 2 rings (SSSR count). The largest absolute Gasteiger partial charge is 0.357 e. The molecule has 1 aromatic carbocycles. The molecule has 2 N–H and O–H groups in total. The fraction of sp³-hybridized carbons (Fsp3) is 0.474. The zero-order valence-corrected chi connectivity index (χ0v) is 18.0. The minimum absolute atomic E-state index is 0. The molecule has 0 aliphatic rings. The van der Waals surface area contributed by atoms with Crippen molar-refractivity contribution in [2.45, 2.75) is 47.3 Å². The van der Waals surface area contributed by atoms with Gasteiger partial charge in [0.15, 0.2) is 5.96 Å². The lowest BCUT2D eigenvalue weighted by atomic mass is 10.1. The Hall–Kier alpha value is -1.57. The van der Waals surface area contributed by atoms with Crippen LogP contribution in [-0.4, -0.2) is 22.1 Å². The van der Waals surface area contributed by atoms with E-state index in [0.717, 1.165) is 24.9 Å². The van der Waals surface area contributed by atoms with Gasteiger partial charge in [0.05, 0.1) is 13.1 Å². The Kier molecular flexibility index (Phi) is 9.55. The van der Waals surface area contributed by atoms with Crippen molar-refractivity contribution in [3.05, 3.63) is 53.6 Å². The van der Waals surface area contributed by atoms with Gasteiger partial charge in [-0.25, -0.2) is 9.98 Å². The SMILES string of the molecule is CCNC(=NCc1ccc(C)cc1)NCc1nccn1CC(C)C.I. The quantitative estimate of drug-likeness (QED) is 0.380. The number of hydrogen-bond donors (Lipinski definition) is 2. The number of aliphatic imine (C=N–C) groups is 1. The molecular weight excluding hydrogens is 425 g/mol. The van der Waals surface area contributed by atoms with Crippen LogP contribution in [0.15, 0.2) is 41.7 Å². The monoisotopic (exact) mass is 455 g/mol. The molecule has 0 saturated carbocycles. The standard InChI is InChI=1S/C19H29N5.HI/c1-5-20-19(22-12-17-8-6-16(4)7-9-17)23-13-18-21-10-11-24(18)14-15(2)3;/h6-11,15H,5,12-14H2,1-4H3,(H2,20,22,23);1H. The Bertz CT molecular complexity index is 646. The molecule has 0 spiro atoms. The molecule has 0 aliphatic heterocycles. The van der Waals surface area contributed by atoms with Gasteiger partial charge in [-0.15, -0.1) is 24.0 Å². The van der Waals surface area contributed by atoms with E-state index in [2.05, 4.69) is 77.1 Å². The lowest BCUT2D eigenvalue weighted by Gasteiger charge is -2.13. The van der Waals surface area contributed by atoms with Crippen molar-refractivity contribution in [1.29, 1.82) is 0 Å². The summed E-state index contributed by atoms with van der Waals surface area (Å²) in [4.78, 5) is 9.11. The van der Waals surface area contributed by atoms with E-state index in [-0.39, 0.29) is 24.0 Å². The summed E-state index contributed by atoms with van der Waals surface area (Å²) in [6.45, 7) is 11.7. The first-order valence-electron chi connectivity index (χ1n) is 8.66. The number of aromatic nitrogens is 2. The smallest absolute Gasteiger partial charge is 0.191 e. The summed E-state index contributed by atoms with van der Waals surface area (Å²) in [6, 6.07) is 8.48. The van der Waals surface area contributed by atoms with Gasteiger partial charge >= 0.3 is 0 Å². The van der Waals surface area contributed by atoms with Crippen LogP contribution in [-0.2, 0) is 19.6 Å². The van der Waals surface area contributed by atoms with Crippen LogP contribution in [0.2, 0.25) is 0 Å². The summed E-state index contributed by atoms with van der Waals surface area (Å²) >= 11 is 0. The molecule has 0 amide bonds. The molecule has 0 saturated heterocycles. The summed E-state index contributed by atoms with van der Waals surface area (Å²) in [5.41, 5.74) is 2.48. The third kappa shape index (κ3) is 7.46. The Balaban J connectivity index is 0.00000312. The van der Waals surface area contributed by atoms with Gasteiger partial charge < -0.3 is 15.2 Å². The van der Waals surface area contributed by atoms with Crippen molar-refractivity contribution in [3.63, 3.8) is 0 Å². The molecular formula is C19H30IN5. The third-order valence-electron chi connectivity index (χ3n) is 3.66. The maximum Gasteiger partial charge on any atom is 0.191 e. The van der Waals surface area contributed by atoms with E-state index in [1.54, 1.807) is 0 Å². The van der Waals surface area contributed by atoms with Gasteiger partial charge in [-0.3, -0.25) is 0 Å². The van der Waals surface area contributed by atoms with E-state index in [1.807, 2.05) is 12.4 Å². The van der Waals surface area contributed by atoms with Crippen LogP contribution >= 0.6 is 24.0 Å². The van der Waals surface area contributed by atoms with Crippen molar-refractivity contribution < 1.29 is 0 Å². The predicted octanol–water partition coefficient (Wildman–Crippen LogP) is 3.72. The molecule has 1 heterocycles. The minimum Gasteiger partial charge on any atom is -0.357 e. The highest BCUT2D eigenvalue weighted by atomic mass is 127. The van der Waals surface area contributed by atoms with Gasteiger partial charge in [-0.1, -0.05) is 43.7 Å². The second-order valence-corrected chi connectivity index (χ2v) is 6.42. The number of benzene rings is 1. The van der Waals surface area contributed by atoms with Gasteiger partial charge in [0, 0.05) is 25.5 Å². The van der Waals surface area contributed by atoms with E-state index in [1.165, 1.54) is 11.1 Å². The van der Waals surface area contributed by atoms with Crippen molar-refractivity contribution in [2.75, 3.05) is 6.54 Å². The van der Waals surface area contributed by atoms with E-state index in [4.69, 9.17) is 0 Å². The number of hydrogen-bond acceptors (Lipinski definition) is 2. The average molecular weight is 455 g/mol. The molecule has 25 heavy (non-hydrogen) atoms. The van der Waals surface area contributed by atoms with Crippen molar-refractivity contribution in [3.8, 4) is 0 Å². The van der Waals surface area contributed by atoms with Gasteiger partial charge in [0.25, 0.3) is 0 Å². The second-order valence-electron chi connectivity index (χ2n) is 6.42. The molecule has 0 radical (unpaired) electrons. The lowest BCUT2D eigenvalue weighted by molar-refractivity contribution is 0.503. The van der Waals surface area contributed by atoms with Gasteiger partial charge in [0.1, 0.15) is 5.82 Å². The second kappa shape index (κ2) is 11.1. The molecule has 2 aromatic rings. The summed E-state index contributed by atoms with van der Waals surface area (Å²) in [5, 5.41) is 6.66. The van der Waals surface area contributed by atoms with Crippen LogP contribution in [0.5, 0.6) is 0 Å². The number of halogens is 1. The molecule has 6 heteroatoms. The van der Waals surface area contributed by atoms with Crippen molar-refractivity contribution in [2.24, 2.45) is 10.9 Å². The predicted molar refractivity (Wildman–Crippen MR) is 115 cm³/mol. The number of imidazole rings is 1. The topological polar surface area (TPSA) is 54.2 Å². The zero-order valence-electron chi connectivity index (χ0n) is 15.6. The van der Waals surface area contributed by atoms with Crippen molar-refractivity contribution >= 4 is 29.9 Å². The zero-order chi connectivity index (χ0) is 17.4. The molecule has 138 valence electrons. The maximum absolute atomic E-state index is 4.66. The Morgan fingerprint density at radius 2 is 1.92 bits per heavy atom. The number of guanidine groups is 1. The van der Waals surface area contributed by atoms with Gasteiger partial charge in [-0.2, -0.15) is 0 Å². The van der Waals surface area contributed by atoms with Gasteiger partial charge in [-0.05, 0) is 25.3 Å². The highest BCUT2D eigenvalue weighted by Gasteiger charge is 2.06. The van der Waals surface area contributed by atoms with E-state index in [9.17, 15) is 0 Å². The van der Waals surface area contributed by atoms with Crippen LogP contribution in [0, 0.1) is 12.8 Å². The molecule has 5 nitrogen and oxygen atoms in total. The molecule has 1 aromatic heterocycles. The summed E-state index contributed by atoms with van der Waals surface area (Å²) in [6.07, 6.45) is 3.89. The average Bonchev–Trinajstić information content (AvgIpc) is 2.98. The first-order valence-corrected chi connectivity index (χ1v) is 8.66. The highest BCUT2D eigenvalue weighted by molar-refractivity contribution is 14.0. The summed E-state index contributed by atoms with van der Waals surface area (Å²) < 4.78 is 2.20. The van der Waals surface area contributed by atoms with Crippen LogP contribution in [0.25, 0.3) is 0 Å². The van der Waals surface area contributed by atoms with E-state index in [0.29, 0.717) is 19.0 Å². The Morgan fingerprint density at radius 3 is 2.56 bits per heavy atom. The number of rotatable bonds is 7. The van der Waals surface area contributed by atoms with Crippen LogP contribution < -0.4 is 10.6 Å². The van der Waals surface area contributed by atoms with Crippen LogP contribution in [0.1, 0.15) is 37.7 Å². The summed E-state index contributed by atoms with van der Waals surface area (Å²) in [7, 11) is 0. The fourth-order valence-electron chi connectivity index (χ4n) is 2.44. The molecule has 0 unspecified atom stereocenters. The highest BCUT2D eigenvalue weighted by Crippen LogP contribution is 2.05. The minimum atomic E-state index is 0. The number of nitrogens with one attached hydrogen (secondary N) is 2. The third-order valence-corrected chi connectivity index (χ3v) is 3.66. The summed E-state index contributed by atoms with van der Waals surface area (Å²) in [5.74, 6) is 2.45. The normalized spacial score (nSPS) is 11.3. The first-order chi connectivity index (χ1) is 11.6.